The van der Waals surface area contributed by atoms with Crippen LogP contribution in [0.1, 0.15) is 35.3 Å². The number of carboxylic acid groups (broad SMARTS) is 1. The summed E-state index contributed by atoms with van der Waals surface area (Å²) < 4.78 is 1.61. The molecule has 1 aromatic carbocycles. The van der Waals surface area contributed by atoms with Gasteiger partial charge in [-0.15, -0.1) is 0 Å². The number of rotatable bonds is 6. The fourth-order valence-electron chi connectivity index (χ4n) is 2.65. The van der Waals surface area contributed by atoms with E-state index in [-0.39, 0.29) is 0 Å². The second-order valence-corrected chi connectivity index (χ2v) is 6.52. The van der Waals surface area contributed by atoms with E-state index in [2.05, 4.69) is 10.4 Å². The highest BCUT2D eigenvalue weighted by Crippen LogP contribution is 2.33. The zero-order valence-corrected chi connectivity index (χ0v) is 14.0. The van der Waals surface area contributed by atoms with Crippen molar-refractivity contribution in [3.63, 3.8) is 0 Å². The summed E-state index contributed by atoms with van der Waals surface area (Å²) in [6.45, 7) is 1.76. The minimum Gasteiger partial charge on any atom is -0.480 e. The van der Waals surface area contributed by atoms with Crippen molar-refractivity contribution < 1.29 is 14.7 Å². The van der Waals surface area contributed by atoms with E-state index in [1.165, 1.54) is 6.20 Å². The van der Waals surface area contributed by atoms with Crippen molar-refractivity contribution >= 4 is 23.5 Å². The second-order valence-electron chi connectivity index (χ2n) is 6.08. The van der Waals surface area contributed by atoms with E-state index in [4.69, 9.17) is 11.6 Å². The molecular weight excluding hydrogens is 330 g/mol. The van der Waals surface area contributed by atoms with Crippen molar-refractivity contribution in [2.75, 3.05) is 0 Å². The summed E-state index contributed by atoms with van der Waals surface area (Å²) in [7, 11) is 0. The lowest BCUT2D eigenvalue weighted by atomic mass is 10.1. The van der Waals surface area contributed by atoms with Crippen LogP contribution in [0.25, 0.3) is 5.69 Å². The van der Waals surface area contributed by atoms with Gasteiger partial charge in [-0.3, -0.25) is 4.79 Å². The summed E-state index contributed by atoms with van der Waals surface area (Å²) in [6.07, 6.45) is 3.99. The predicted octanol–water partition coefficient (Wildman–Crippen LogP) is 2.82. The minimum absolute atomic E-state index is 0.358. The molecule has 1 aliphatic rings. The van der Waals surface area contributed by atoms with Gasteiger partial charge in [0.05, 0.1) is 23.1 Å². The number of carboxylic acids is 1. The monoisotopic (exact) mass is 347 g/mol. The normalized spacial score (nSPS) is 15.1. The molecular formula is C17H18ClN3O3. The molecule has 1 saturated carbocycles. The fraction of sp³-hybridized carbons (Fsp3) is 0.353. The molecule has 0 bridgehead atoms. The lowest BCUT2D eigenvalue weighted by molar-refractivity contribution is -0.139. The standard InChI is InChI=1S/C17H18ClN3O3/c1-10-14(9-19-21(10)13-4-2-3-12(18)8-13)16(22)20-15(17(23)24)7-11-5-6-11/h2-4,8-9,11,15H,5-7H2,1H3,(H,20,22)(H,23,24). The van der Waals surface area contributed by atoms with Crippen LogP contribution in [-0.2, 0) is 4.79 Å². The first-order chi connectivity index (χ1) is 11.5. The highest BCUT2D eigenvalue weighted by molar-refractivity contribution is 6.30. The molecule has 3 rings (SSSR count). The van der Waals surface area contributed by atoms with Crippen LogP contribution in [0.3, 0.4) is 0 Å². The first-order valence-corrected chi connectivity index (χ1v) is 8.17. The number of aliphatic carboxylic acids is 1. The van der Waals surface area contributed by atoms with Crippen molar-refractivity contribution in [3.8, 4) is 5.69 Å². The molecule has 1 unspecified atom stereocenters. The van der Waals surface area contributed by atoms with Gasteiger partial charge in [0.15, 0.2) is 0 Å². The van der Waals surface area contributed by atoms with Crippen molar-refractivity contribution in [1.82, 2.24) is 15.1 Å². The Kier molecular flexibility index (Phi) is 4.57. The molecule has 7 heteroatoms. The number of aromatic nitrogens is 2. The summed E-state index contributed by atoms with van der Waals surface area (Å²) in [5.41, 5.74) is 1.73. The zero-order chi connectivity index (χ0) is 17.3. The molecule has 2 aromatic rings. The van der Waals surface area contributed by atoms with Gasteiger partial charge >= 0.3 is 5.97 Å². The molecule has 1 aromatic heterocycles. The van der Waals surface area contributed by atoms with E-state index >= 15 is 0 Å². The molecule has 2 N–H and O–H groups in total. The largest absolute Gasteiger partial charge is 0.480 e. The van der Waals surface area contributed by atoms with Crippen LogP contribution in [0.4, 0.5) is 0 Å². The van der Waals surface area contributed by atoms with Gasteiger partial charge in [0.25, 0.3) is 5.91 Å². The average molecular weight is 348 g/mol. The molecule has 0 aliphatic heterocycles. The molecule has 24 heavy (non-hydrogen) atoms. The second kappa shape index (κ2) is 6.65. The van der Waals surface area contributed by atoms with Crippen LogP contribution < -0.4 is 5.32 Å². The maximum Gasteiger partial charge on any atom is 0.326 e. The number of carbonyl (C=O) groups is 2. The average Bonchev–Trinajstić information content (AvgIpc) is 3.26. The van der Waals surface area contributed by atoms with E-state index in [0.717, 1.165) is 18.5 Å². The molecule has 0 saturated heterocycles. The number of halogens is 1. The number of hydrogen-bond donors (Lipinski definition) is 2. The molecule has 0 spiro atoms. The Bertz CT molecular complexity index is 783. The summed E-state index contributed by atoms with van der Waals surface area (Å²) in [5, 5.41) is 16.7. The minimum atomic E-state index is -1.00. The third kappa shape index (κ3) is 3.59. The quantitative estimate of drug-likeness (QED) is 0.841. The maximum atomic E-state index is 12.4. The Morgan fingerprint density at radius 3 is 2.83 bits per heavy atom. The van der Waals surface area contributed by atoms with Crippen LogP contribution in [0.2, 0.25) is 5.02 Å². The predicted molar refractivity (Wildman–Crippen MR) is 89.5 cm³/mol. The summed E-state index contributed by atoms with van der Waals surface area (Å²) in [6, 6.07) is 6.28. The van der Waals surface area contributed by atoms with Crippen LogP contribution >= 0.6 is 11.6 Å². The van der Waals surface area contributed by atoms with Crippen molar-refractivity contribution in [1.29, 1.82) is 0 Å². The lowest BCUT2D eigenvalue weighted by Crippen LogP contribution is -2.41. The molecule has 1 aliphatic carbocycles. The third-order valence-electron chi connectivity index (χ3n) is 4.18. The van der Waals surface area contributed by atoms with Gasteiger partial charge in [0.2, 0.25) is 0 Å². The van der Waals surface area contributed by atoms with E-state index in [1.807, 2.05) is 6.07 Å². The highest BCUT2D eigenvalue weighted by atomic mass is 35.5. The van der Waals surface area contributed by atoms with Gasteiger partial charge in [-0.1, -0.05) is 30.5 Å². The molecule has 1 fully saturated rings. The van der Waals surface area contributed by atoms with Crippen LogP contribution in [0, 0.1) is 12.8 Å². The van der Waals surface area contributed by atoms with E-state index in [1.54, 1.807) is 29.8 Å². The van der Waals surface area contributed by atoms with Crippen LogP contribution in [0.5, 0.6) is 0 Å². The Hall–Kier alpha value is -2.34. The summed E-state index contributed by atoms with van der Waals surface area (Å²) in [5.74, 6) is -1.02. The van der Waals surface area contributed by atoms with Gasteiger partial charge in [0.1, 0.15) is 6.04 Å². The molecule has 1 atom stereocenters. The summed E-state index contributed by atoms with van der Waals surface area (Å²) >= 11 is 5.99. The van der Waals surface area contributed by atoms with Crippen LogP contribution in [0.15, 0.2) is 30.5 Å². The van der Waals surface area contributed by atoms with E-state index in [9.17, 15) is 14.7 Å². The van der Waals surface area contributed by atoms with E-state index in [0.29, 0.717) is 28.6 Å². The molecule has 1 heterocycles. The summed E-state index contributed by atoms with van der Waals surface area (Å²) in [4.78, 5) is 23.8. The van der Waals surface area contributed by atoms with Crippen LogP contribution in [-0.4, -0.2) is 32.8 Å². The molecule has 126 valence electrons. The smallest absolute Gasteiger partial charge is 0.326 e. The number of hydrogen-bond acceptors (Lipinski definition) is 3. The van der Waals surface area contributed by atoms with Crippen molar-refractivity contribution in [3.05, 3.63) is 46.7 Å². The van der Waals surface area contributed by atoms with Gasteiger partial charge < -0.3 is 10.4 Å². The zero-order valence-electron chi connectivity index (χ0n) is 13.2. The van der Waals surface area contributed by atoms with Gasteiger partial charge in [-0.25, -0.2) is 9.48 Å². The van der Waals surface area contributed by atoms with Gasteiger partial charge in [0, 0.05) is 5.02 Å². The first-order valence-electron chi connectivity index (χ1n) is 7.80. The highest BCUT2D eigenvalue weighted by Gasteiger charge is 2.31. The Labute approximate surface area is 144 Å². The number of carbonyl (C=O) groups excluding carboxylic acids is 1. The third-order valence-corrected chi connectivity index (χ3v) is 4.41. The van der Waals surface area contributed by atoms with Crippen molar-refractivity contribution in [2.45, 2.75) is 32.2 Å². The number of nitrogens with one attached hydrogen (secondary N) is 1. The lowest BCUT2D eigenvalue weighted by Gasteiger charge is -2.14. The first kappa shape index (κ1) is 16.5. The maximum absolute atomic E-state index is 12.4. The molecule has 0 radical (unpaired) electrons. The number of benzene rings is 1. The SMILES string of the molecule is Cc1c(C(=O)NC(CC2CC2)C(=O)O)cnn1-c1cccc(Cl)c1. The van der Waals surface area contributed by atoms with Crippen molar-refractivity contribution in [2.24, 2.45) is 5.92 Å². The fourth-order valence-corrected chi connectivity index (χ4v) is 2.83. The Balaban J connectivity index is 1.79. The Morgan fingerprint density at radius 1 is 1.46 bits per heavy atom. The van der Waals surface area contributed by atoms with Gasteiger partial charge in [-0.2, -0.15) is 5.10 Å². The molecule has 1 amide bonds. The number of amides is 1. The van der Waals surface area contributed by atoms with E-state index < -0.39 is 17.9 Å². The Morgan fingerprint density at radius 2 is 2.21 bits per heavy atom. The van der Waals surface area contributed by atoms with Gasteiger partial charge in [-0.05, 0) is 37.5 Å². The number of nitrogens with zero attached hydrogens (tertiary/aromatic N) is 2. The molecule has 6 nitrogen and oxygen atoms in total. The topological polar surface area (TPSA) is 84.2 Å².